The maximum absolute atomic E-state index is 12.9. The molecule has 5 nitrogen and oxygen atoms in total. The molecule has 1 aliphatic heterocycles. The number of fused-ring (bicyclic) bond motifs is 1. The van der Waals surface area contributed by atoms with Gasteiger partial charge in [0.15, 0.2) is 0 Å². The molecule has 1 atom stereocenters. The normalized spacial score (nSPS) is 20.2. The van der Waals surface area contributed by atoms with Gasteiger partial charge in [-0.25, -0.2) is 0 Å². The van der Waals surface area contributed by atoms with Gasteiger partial charge in [-0.2, -0.15) is 0 Å². The van der Waals surface area contributed by atoms with E-state index in [1.807, 2.05) is 17.5 Å². The number of allylic oxidation sites excluding steroid dienone is 2. The van der Waals surface area contributed by atoms with Crippen LogP contribution in [-0.4, -0.2) is 35.0 Å². The van der Waals surface area contributed by atoms with Gasteiger partial charge in [-0.3, -0.25) is 9.59 Å². The molecule has 7 heteroatoms. The Kier molecular flexibility index (Phi) is 4.51. The maximum atomic E-state index is 12.9. The van der Waals surface area contributed by atoms with Crippen molar-refractivity contribution < 1.29 is 19.4 Å². The first kappa shape index (κ1) is 16.8. The predicted molar refractivity (Wildman–Crippen MR) is 91.8 cm³/mol. The van der Waals surface area contributed by atoms with Gasteiger partial charge in [0, 0.05) is 11.3 Å². The number of thiophene rings is 1. The average molecular weight is 366 g/mol. The van der Waals surface area contributed by atoms with E-state index in [9.17, 15) is 14.7 Å². The highest BCUT2D eigenvalue weighted by atomic mass is 35.5. The topological polar surface area (TPSA) is 66.8 Å². The molecule has 1 unspecified atom stereocenters. The summed E-state index contributed by atoms with van der Waals surface area (Å²) in [7, 11) is 1.52. The van der Waals surface area contributed by atoms with Crippen LogP contribution in [0.2, 0.25) is 0 Å². The van der Waals surface area contributed by atoms with Crippen molar-refractivity contribution in [1.82, 2.24) is 4.90 Å². The van der Waals surface area contributed by atoms with Crippen LogP contribution < -0.4 is 0 Å². The Morgan fingerprint density at radius 1 is 1.50 bits per heavy atom. The lowest BCUT2D eigenvalue weighted by Gasteiger charge is -2.29. The van der Waals surface area contributed by atoms with Crippen LogP contribution >= 0.6 is 22.9 Å². The fourth-order valence-corrected chi connectivity index (χ4v) is 4.26. The van der Waals surface area contributed by atoms with Gasteiger partial charge in [0.2, 0.25) is 0 Å². The van der Waals surface area contributed by atoms with E-state index in [2.05, 4.69) is 0 Å². The number of carbonyl (C=O) groups is 2. The summed E-state index contributed by atoms with van der Waals surface area (Å²) in [5, 5.41) is 11.5. The number of carboxylic acid groups (broad SMARTS) is 1. The fourth-order valence-electron chi connectivity index (χ4n) is 3.21. The summed E-state index contributed by atoms with van der Waals surface area (Å²) in [6.07, 6.45) is 2.19. The molecule has 1 aromatic rings. The van der Waals surface area contributed by atoms with E-state index in [0.29, 0.717) is 38.9 Å². The number of amides is 1. The molecular formula is C17H16ClNO4S. The Bertz CT molecular complexity index is 792. The summed E-state index contributed by atoms with van der Waals surface area (Å²) in [6, 6.07) is 3.29. The molecule has 0 fully saturated rings. The zero-order valence-corrected chi connectivity index (χ0v) is 14.8. The van der Waals surface area contributed by atoms with Gasteiger partial charge in [0.25, 0.3) is 5.91 Å². The molecule has 1 N–H and O–H groups in total. The Morgan fingerprint density at radius 2 is 2.25 bits per heavy atom. The van der Waals surface area contributed by atoms with Crippen LogP contribution in [0.4, 0.5) is 0 Å². The van der Waals surface area contributed by atoms with Gasteiger partial charge in [0.05, 0.1) is 29.5 Å². The number of carboxylic acids is 1. The number of hydrogen-bond donors (Lipinski definition) is 1. The Hall–Kier alpha value is -2.05. The second-order valence-corrected chi connectivity index (χ2v) is 6.86. The zero-order valence-electron chi connectivity index (χ0n) is 13.2. The highest BCUT2D eigenvalue weighted by molar-refractivity contribution is 7.12. The quantitative estimate of drug-likeness (QED) is 0.882. The monoisotopic (exact) mass is 365 g/mol. The van der Waals surface area contributed by atoms with E-state index >= 15 is 0 Å². The van der Waals surface area contributed by atoms with Crippen LogP contribution in [0.5, 0.6) is 0 Å². The summed E-state index contributed by atoms with van der Waals surface area (Å²) in [4.78, 5) is 26.5. The predicted octanol–water partition coefficient (Wildman–Crippen LogP) is 3.75. The molecule has 0 saturated carbocycles. The third kappa shape index (κ3) is 2.65. The van der Waals surface area contributed by atoms with Crippen LogP contribution in [0.25, 0.3) is 0 Å². The molecule has 2 heterocycles. The standard InChI is InChI=1S/C17H16ClNO4S/c1-9-10(8-14(20)21)15-11(5-6-12(23-2)16(15)18)19(9)17(22)13-4-3-7-24-13/h3-4,6-7,11H,5,8H2,1-2H3,(H,20,21). The third-order valence-corrected chi connectivity index (χ3v) is 5.49. The van der Waals surface area contributed by atoms with Crippen LogP contribution in [0.15, 0.2) is 51.2 Å². The van der Waals surface area contributed by atoms with E-state index in [1.54, 1.807) is 17.9 Å². The molecule has 24 heavy (non-hydrogen) atoms. The van der Waals surface area contributed by atoms with Crippen molar-refractivity contribution in [3.8, 4) is 0 Å². The Balaban J connectivity index is 2.10. The minimum Gasteiger partial charge on any atom is -0.496 e. The number of ether oxygens (including phenoxy) is 1. The van der Waals surface area contributed by atoms with Crippen molar-refractivity contribution in [3.05, 3.63) is 56.1 Å². The van der Waals surface area contributed by atoms with Gasteiger partial charge >= 0.3 is 5.97 Å². The highest BCUT2D eigenvalue weighted by Gasteiger charge is 2.42. The minimum absolute atomic E-state index is 0.135. The SMILES string of the molecule is COC1=CCC2C(=C1Cl)C(CC(=O)O)=C(C)N2C(=O)c1cccs1. The first-order chi connectivity index (χ1) is 11.5. The third-order valence-electron chi connectivity index (χ3n) is 4.25. The van der Waals surface area contributed by atoms with Crippen molar-refractivity contribution in [3.63, 3.8) is 0 Å². The summed E-state index contributed by atoms with van der Waals surface area (Å²) in [5.74, 6) is -0.577. The van der Waals surface area contributed by atoms with Gasteiger partial charge in [-0.1, -0.05) is 17.7 Å². The fraction of sp³-hybridized carbons (Fsp3) is 0.294. The first-order valence-corrected chi connectivity index (χ1v) is 8.64. The number of nitrogens with zero attached hydrogens (tertiary/aromatic N) is 1. The molecule has 0 radical (unpaired) electrons. The van der Waals surface area contributed by atoms with Crippen LogP contribution in [0.3, 0.4) is 0 Å². The largest absolute Gasteiger partial charge is 0.496 e. The summed E-state index contributed by atoms with van der Waals surface area (Å²) in [6.45, 7) is 1.77. The molecule has 126 valence electrons. The molecule has 2 aliphatic rings. The molecular weight excluding hydrogens is 350 g/mol. The number of rotatable bonds is 4. The molecule has 0 aromatic carbocycles. The number of methoxy groups -OCH3 is 1. The molecule has 1 aromatic heterocycles. The van der Waals surface area contributed by atoms with Crippen LogP contribution in [0.1, 0.15) is 29.4 Å². The summed E-state index contributed by atoms with van der Waals surface area (Å²) >= 11 is 7.81. The van der Waals surface area contributed by atoms with E-state index < -0.39 is 5.97 Å². The van der Waals surface area contributed by atoms with Gasteiger partial charge in [0.1, 0.15) is 5.76 Å². The van der Waals surface area contributed by atoms with E-state index in [1.165, 1.54) is 18.4 Å². The first-order valence-electron chi connectivity index (χ1n) is 7.38. The van der Waals surface area contributed by atoms with Crippen molar-refractivity contribution in [2.24, 2.45) is 0 Å². The second kappa shape index (κ2) is 6.45. The molecule has 0 saturated heterocycles. The lowest BCUT2D eigenvalue weighted by molar-refractivity contribution is -0.136. The second-order valence-electron chi connectivity index (χ2n) is 5.54. The Labute approximate surface area is 148 Å². The van der Waals surface area contributed by atoms with Crippen molar-refractivity contribution in [2.75, 3.05) is 7.11 Å². The van der Waals surface area contributed by atoms with Crippen molar-refractivity contribution >= 4 is 34.8 Å². The molecule has 0 bridgehead atoms. The summed E-state index contributed by atoms with van der Waals surface area (Å²) in [5.41, 5.74) is 1.91. The molecule has 3 rings (SSSR count). The molecule has 1 aliphatic carbocycles. The Morgan fingerprint density at radius 3 is 2.83 bits per heavy atom. The molecule has 1 amide bonds. The lowest BCUT2D eigenvalue weighted by atomic mass is 9.92. The van der Waals surface area contributed by atoms with Crippen molar-refractivity contribution in [2.45, 2.75) is 25.8 Å². The maximum Gasteiger partial charge on any atom is 0.307 e. The number of aliphatic carboxylic acids is 1. The minimum atomic E-state index is -0.959. The van der Waals surface area contributed by atoms with Gasteiger partial charge in [-0.05, 0) is 36.4 Å². The van der Waals surface area contributed by atoms with Crippen molar-refractivity contribution in [1.29, 1.82) is 0 Å². The van der Waals surface area contributed by atoms with Gasteiger partial charge in [-0.15, -0.1) is 11.3 Å². The van der Waals surface area contributed by atoms with E-state index in [0.717, 1.165) is 0 Å². The lowest BCUT2D eigenvalue weighted by Crippen LogP contribution is -2.36. The molecule has 0 spiro atoms. The number of carbonyl (C=O) groups excluding carboxylic acids is 1. The van der Waals surface area contributed by atoms with Gasteiger partial charge < -0.3 is 14.7 Å². The van der Waals surface area contributed by atoms with E-state index in [-0.39, 0.29) is 18.4 Å². The number of halogens is 1. The smallest absolute Gasteiger partial charge is 0.307 e. The van der Waals surface area contributed by atoms with Crippen LogP contribution in [0, 0.1) is 0 Å². The summed E-state index contributed by atoms with van der Waals surface area (Å²) < 4.78 is 5.27. The number of hydrogen-bond acceptors (Lipinski definition) is 4. The van der Waals surface area contributed by atoms with Crippen LogP contribution in [-0.2, 0) is 9.53 Å². The van der Waals surface area contributed by atoms with E-state index in [4.69, 9.17) is 16.3 Å². The highest BCUT2D eigenvalue weighted by Crippen LogP contribution is 2.45. The zero-order chi connectivity index (χ0) is 17.4. The average Bonchev–Trinajstić information content (AvgIpc) is 3.15.